The normalized spacial score (nSPS) is 15.0. The maximum Gasteiger partial charge on any atom is 0.234 e. The Kier molecular flexibility index (Phi) is 6.07. The van der Waals surface area contributed by atoms with Gasteiger partial charge in [0.05, 0.1) is 13.2 Å². The summed E-state index contributed by atoms with van der Waals surface area (Å²) in [5, 5.41) is 11.5. The predicted octanol–water partition coefficient (Wildman–Crippen LogP) is 0.231. The van der Waals surface area contributed by atoms with Gasteiger partial charge in [0.25, 0.3) is 0 Å². The van der Waals surface area contributed by atoms with E-state index in [4.69, 9.17) is 9.84 Å². The second-order valence-electron chi connectivity index (χ2n) is 4.78. The summed E-state index contributed by atoms with van der Waals surface area (Å²) in [4.78, 5) is 13.3. The Balaban J connectivity index is 1.79. The molecule has 0 spiro atoms. The number of hydrogen-bond donors (Lipinski definition) is 2. The van der Waals surface area contributed by atoms with Gasteiger partial charge in [-0.1, -0.05) is 17.9 Å². The van der Waals surface area contributed by atoms with Gasteiger partial charge in [0.1, 0.15) is 12.4 Å². The van der Waals surface area contributed by atoms with E-state index in [2.05, 4.69) is 22.1 Å². The van der Waals surface area contributed by atoms with Crippen molar-refractivity contribution in [2.45, 2.75) is 6.42 Å². The highest BCUT2D eigenvalue weighted by Crippen LogP contribution is 2.12. The zero-order valence-electron chi connectivity index (χ0n) is 12.0. The minimum Gasteiger partial charge on any atom is -0.492 e. The van der Waals surface area contributed by atoms with Gasteiger partial charge in [0.15, 0.2) is 0 Å². The highest BCUT2D eigenvalue weighted by molar-refractivity contribution is 5.78. The Morgan fingerprint density at radius 2 is 2.33 bits per heavy atom. The summed E-state index contributed by atoms with van der Waals surface area (Å²) in [6.07, 6.45) is 0.474. The molecule has 0 saturated carbocycles. The van der Waals surface area contributed by atoms with Gasteiger partial charge in [-0.3, -0.25) is 9.69 Å². The van der Waals surface area contributed by atoms with Gasteiger partial charge in [-0.2, -0.15) is 0 Å². The summed E-state index contributed by atoms with van der Waals surface area (Å²) in [6, 6.07) is 7.58. The van der Waals surface area contributed by atoms with Crippen LogP contribution < -0.4 is 10.1 Å². The molecule has 0 aliphatic carbocycles. The molecule has 0 unspecified atom stereocenters. The van der Waals surface area contributed by atoms with Crippen molar-refractivity contribution in [2.24, 2.45) is 0 Å². The van der Waals surface area contributed by atoms with Crippen LogP contribution in [0.15, 0.2) is 24.3 Å². The second kappa shape index (κ2) is 8.30. The highest BCUT2D eigenvalue weighted by atomic mass is 16.5. The van der Waals surface area contributed by atoms with E-state index >= 15 is 0 Å². The topological polar surface area (TPSA) is 61.8 Å². The van der Waals surface area contributed by atoms with Crippen molar-refractivity contribution in [1.82, 2.24) is 10.2 Å². The molecule has 0 radical (unpaired) electrons. The molecule has 1 heterocycles. The monoisotopic (exact) mass is 288 g/mol. The Morgan fingerprint density at radius 1 is 1.43 bits per heavy atom. The van der Waals surface area contributed by atoms with Crippen molar-refractivity contribution in [3.63, 3.8) is 0 Å². The molecule has 1 fully saturated rings. The third-order valence-electron chi connectivity index (χ3n) is 3.10. The van der Waals surface area contributed by atoms with E-state index in [0.29, 0.717) is 26.1 Å². The number of rotatable bonds is 5. The quantitative estimate of drug-likeness (QED) is 0.762. The second-order valence-corrected chi connectivity index (χ2v) is 4.78. The van der Waals surface area contributed by atoms with Gasteiger partial charge in [-0.05, 0) is 18.2 Å². The molecule has 1 aliphatic heterocycles. The first-order valence-electron chi connectivity index (χ1n) is 7.09. The van der Waals surface area contributed by atoms with Gasteiger partial charge < -0.3 is 15.2 Å². The molecule has 2 N–H and O–H groups in total. The fourth-order valence-electron chi connectivity index (χ4n) is 2.06. The van der Waals surface area contributed by atoms with Crippen molar-refractivity contribution in [3.05, 3.63) is 29.8 Å². The molecule has 112 valence electrons. The van der Waals surface area contributed by atoms with Crippen LogP contribution in [0.3, 0.4) is 0 Å². The smallest absolute Gasteiger partial charge is 0.234 e. The molecule has 2 rings (SSSR count). The maximum atomic E-state index is 11.2. The van der Waals surface area contributed by atoms with Crippen LogP contribution in [-0.2, 0) is 4.79 Å². The number of carbonyl (C=O) groups is 1. The van der Waals surface area contributed by atoms with E-state index in [1.165, 1.54) is 0 Å². The number of piperazine rings is 1. The number of aliphatic hydroxyl groups excluding tert-OH is 1. The average Bonchev–Trinajstić information content (AvgIpc) is 2.48. The van der Waals surface area contributed by atoms with E-state index in [1.807, 2.05) is 24.3 Å². The predicted molar refractivity (Wildman–Crippen MR) is 80.0 cm³/mol. The fourth-order valence-corrected chi connectivity index (χ4v) is 2.06. The number of benzene rings is 1. The third kappa shape index (κ3) is 5.46. The zero-order chi connectivity index (χ0) is 14.9. The van der Waals surface area contributed by atoms with E-state index in [9.17, 15) is 4.79 Å². The Labute approximate surface area is 124 Å². The van der Waals surface area contributed by atoms with E-state index in [1.54, 1.807) is 0 Å². The van der Waals surface area contributed by atoms with Crippen molar-refractivity contribution < 1.29 is 14.6 Å². The van der Waals surface area contributed by atoms with Crippen molar-refractivity contribution >= 4 is 5.91 Å². The summed E-state index contributed by atoms with van der Waals surface area (Å²) in [7, 11) is 0. The lowest BCUT2D eigenvalue weighted by Crippen LogP contribution is -2.48. The molecular formula is C16H20N2O3. The Morgan fingerprint density at radius 3 is 3.14 bits per heavy atom. The first-order chi connectivity index (χ1) is 10.3. The lowest BCUT2D eigenvalue weighted by Gasteiger charge is -2.26. The maximum absolute atomic E-state index is 11.2. The van der Waals surface area contributed by atoms with Crippen LogP contribution in [0.5, 0.6) is 5.75 Å². The van der Waals surface area contributed by atoms with Crippen LogP contribution in [-0.4, -0.2) is 55.3 Å². The molecule has 5 nitrogen and oxygen atoms in total. The number of carbonyl (C=O) groups excluding carboxylic acids is 1. The summed E-state index contributed by atoms with van der Waals surface area (Å²) in [6.45, 7) is 3.35. The minimum absolute atomic E-state index is 0.0717. The van der Waals surface area contributed by atoms with Crippen LogP contribution in [0, 0.1) is 11.8 Å². The first kappa shape index (κ1) is 15.4. The molecule has 1 aromatic rings. The minimum atomic E-state index is 0.0717. The zero-order valence-corrected chi connectivity index (χ0v) is 12.0. The lowest BCUT2D eigenvalue weighted by molar-refractivity contribution is -0.124. The molecule has 1 aromatic carbocycles. The average molecular weight is 288 g/mol. The number of hydrogen-bond acceptors (Lipinski definition) is 4. The van der Waals surface area contributed by atoms with Gasteiger partial charge in [0.2, 0.25) is 5.91 Å². The van der Waals surface area contributed by atoms with E-state index in [0.717, 1.165) is 24.4 Å². The molecule has 1 saturated heterocycles. The molecule has 5 heteroatoms. The van der Waals surface area contributed by atoms with Crippen molar-refractivity contribution in [3.8, 4) is 17.6 Å². The van der Waals surface area contributed by atoms with Gasteiger partial charge in [0, 0.05) is 31.6 Å². The van der Waals surface area contributed by atoms with Crippen LogP contribution in [0.1, 0.15) is 12.0 Å². The molecule has 1 amide bonds. The number of nitrogens with one attached hydrogen (secondary N) is 1. The van der Waals surface area contributed by atoms with Crippen LogP contribution in [0.4, 0.5) is 0 Å². The third-order valence-corrected chi connectivity index (χ3v) is 3.10. The number of aliphatic hydroxyl groups is 1. The largest absolute Gasteiger partial charge is 0.492 e. The van der Waals surface area contributed by atoms with E-state index < -0.39 is 0 Å². The van der Waals surface area contributed by atoms with Crippen molar-refractivity contribution in [1.29, 1.82) is 0 Å². The lowest BCUT2D eigenvalue weighted by atomic mass is 10.2. The SMILES string of the molecule is O=C1CN(CCOc2cccc(C#CCCO)c2)CCN1. The first-order valence-corrected chi connectivity index (χ1v) is 7.09. The van der Waals surface area contributed by atoms with Gasteiger partial charge in [-0.15, -0.1) is 0 Å². The van der Waals surface area contributed by atoms with E-state index in [-0.39, 0.29) is 12.5 Å². The molecule has 0 atom stereocenters. The van der Waals surface area contributed by atoms with Gasteiger partial charge in [-0.25, -0.2) is 0 Å². The summed E-state index contributed by atoms with van der Waals surface area (Å²) >= 11 is 0. The molecular weight excluding hydrogens is 268 g/mol. The number of amides is 1. The standard InChI is InChI=1S/C16H20N2O3/c19-10-2-1-4-14-5-3-6-15(12-14)21-11-9-18-8-7-17-16(20)13-18/h3,5-6,12,19H,2,7-11,13H2,(H,17,20). The number of nitrogens with zero attached hydrogens (tertiary/aromatic N) is 1. The van der Waals surface area contributed by atoms with Crippen LogP contribution >= 0.6 is 0 Å². The van der Waals surface area contributed by atoms with Crippen LogP contribution in [0.25, 0.3) is 0 Å². The number of ether oxygens (including phenoxy) is 1. The summed E-state index contributed by atoms with van der Waals surface area (Å²) < 4.78 is 5.70. The highest BCUT2D eigenvalue weighted by Gasteiger charge is 2.15. The fraction of sp³-hybridized carbons (Fsp3) is 0.438. The Bertz CT molecular complexity index is 534. The van der Waals surface area contributed by atoms with Crippen LogP contribution in [0.2, 0.25) is 0 Å². The van der Waals surface area contributed by atoms with Gasteiger partial charge >= 0.3 is 0 Å². The summed E-state index contributed by atoms with van der Waals surface area (Å²) in [5.41, 5.74) is 0.873. The van der Waals surface area contributed by atoms with Crippen molar-refractivity contribution in [2.75, 3.05) is 39.4 Å². The molecule has 0 bridgehead atoms. The Hall–Kier alpha value is -2.03. The molecule has 0 aromatic heterocycles. The molecule has 21 heavy (non-hydrogen) atoms. The molecule has 1 aliphatic rings. The summed E-state index contributed by atoms with van der Waals surface area (Å²) in [5.74, 6) is 6.70.